The van der Waals surface area contributed by atoms with Crippen molar-refractivity contribution in [2.24, 2.45) is 0 Å². The minimum Gasteiger partial charge on any atom is -0.588 e. The number of furan rings is 1. The van der Waals surface area contributed by atoms with E-state index in [9.17, 15) is 13.7 Å². The molecule has 0 radical (unpaired) electrons. The van der Waals surface area contributed by atoms with E-state index in [1.165, 1.54) is 12.1 Å². The Bertz CT molecular complexity index is 1410. The molecule has 2 aliphatic rings. The summed E-state index contributed by atoms with van der Waals surface area (Å²) >= 11 is -1.84. The molecular formula is C26H24FN3O4S. The topological polar surface area (TPSA) is 81.0 Å². The zero-order valence-corrected chi connectivity index (χ0v) is 19.8. The lowest BCUT2D eigenvalue weighted by Crippen LogP contribution is -2.36. The van der Waals surface area contributed by atoms with Crippen LogP contribution in [0.5, 0.6) is 0 Å². The van der Waals surface area contributed by atoms with Gasteiger partial charge in [-0.15, -0.1) is 0 Å². The minimum absolute atomic E-state index is 0.0812. The minimum atomic E-state index is -1.84. The van der Waals surface area contributed by atoms with Crippen LogP contribution in [0.3, 0.4) is 0 Å². The maximum atomic E-state index is 14.6. The van der Waals surface area contributed by atoms with Crippen molar-refractivity contribution < 1.29 is 22.9 Å². The highest BCUT2D eigenvalue weighted by molar-refractivity contribution is 7.90. The first-order valence-electron chi connectivity index (χ1n) is 11.6. The van der Waals surface area contributed by atoms with Crippen molar-refractivity contribution in [3.8, 4) is 0 Å². The highest BCUT2D eigenvalue weighted by Gasteiger charge is 2.25. The van der Waals surface area contributed by atoms with Gasteiger partial charge in [-0.1, -0.05) is 18.2 Å². The number of benzene rings is 3. The van der Waals surface area contributed by atoms with Gasteiger partial charge in [0.05, 0.1) is 18.6 Å². The molecule has 0 saturated carbocycles. The van der Waals surface area contributed by atoms with Gasteiger partial charge in [0.25, 0.3) is 0 Å². The molecule has 35 heavy (non-hydrogen) atoms. The van der Waals surface area contributed by atoms with Gasteiger partial charge in [0, 0.05) is 60.5 Å². The van der Waals surface area contributed by atoms with Crippen LogP contribution in [0.4, 0.5) is 15.8 Å². The molecule has 0 aliphatic carbocycles. The summed E-state index contributed by atoms with van der Waals surface area (Å²) in [6, 6.07) is 16.0. The first kappa shape index (κ1) is 22.2. The molecule has 0 spiro atoms. The third kappa shape index (κ3) is 4.09. The Labute approximate surface area is 204 Å². The Morgan fingerprint density at radius 1 is 0.943 bits per heavy atom. The van der Waals surface area contributed by atoms with Gasteiger partial charge in [-0.05, 0) is 30.7 Å². The van der Waals surface area contributed by atoms with Crippen LogP contribution in [0.2, 0.25) is 0 Å². The molecule has 3 aromatic carbocycles. The SMILES string of the molecule is O=C(N[S+]([O-])c1cccc2c(N3CCOCC3)cccc12)c1cc2c(F)cc(N3CCC3)cc2o1. The third-order valence-electron chi connectivity index (χ3n) is 6.61. The van der Waals surface area contributed by atoms with E-state index in [0.29, 0.717) is 23.7 Å². The second kappa shape index (κ2) is 9.07. The van der Waals surface area contributed by atoms with E-state index in [-0.39, 0.29) is 11.1 Å². The van der Waals surface area contributed by atoms with Crippen LogP contribution in [-0.4, -0.2) is 49.9 Å². The van der Waals surface area contributed by atoms with Gasteiger partial charge in [-0.2, -0.15) is 4.72 Å². The van der Waals surface area contributed by atoms with Gasteiger partial charge < -0.3 is 23.5 Å². The number of carbonyl (C=O) groups is 1. The summed E-state index contributed by atoms with van der Waals surface area (Å²) in [7, 11) is 0. The number of nitrogens with zero attached hydrogens (tertiary/aromatic N) is 2. The average Bonchev–Trinajstić information content (AvgIpc) is 3.28. The monoisotopic (exact) mass is 493 g/mol. The lowest BCUT2D eigenvalue weighted by atomic mass is 10.1. The van der Waals surface area contributed by atoms with Crippen molar-refractivity contribution in [3.63, 3.8) is 0 Å². The summed E-state index contributed by atoms with van der Waals surface area (Å²) in [4.78, 5) is 17.7. The molecule has 2 aliphatic heterocycles. The molecule has 1 amide bonds. The smallest absolute Gasteiger partial charge is 0.328 e. The number of morpholine rings is 1. The number of hydrogen-bond acceptors (Lipinski definition) is 6. The summed E-state index contributed by atoms with van der Waals surface area (Å²) in [6.07, 6.45) is 1.07. The summed E-state index contributed by atoms with van der Waals surface area (Å²) in [5, 5.41) is 1.98. The van der Waals surface area contributed by atoms with Crippen molar-refractivity contribution in [1.82, 2.24) is 4.72 Å². The van der Waals surface area contributed by atoms with Crippen LogP contribution in [-0.2, 0) is 16.1 Å². The van der Waals surface area contributed by atoms with E-state index < -0.39 is 23.1 Å². The predicted molar refractivity (Wildman–Crippen MR) is 134 cm³/mol. The molecule has 9 heteroatoms. The fourth-order valence-electron chi connectivity index (χ4n) is 4.65. The Balaban J connectivity index is 1.27. The van der Waals surface area contributed by atoms with Gasteiger partial charge in [-0.25, -0.2) is 4.39 Å². The van der Waals surface area contributed by atoms with Crippen LogP contribution in [0.25, 0.3) is 21.7 Å². The molecule has 2 fully saturated rings. The highest BCUT2D eigenvalue weighted by atomic mass is 32.2. The van der Waals surface area contributed by atoms with Gasteiger partial charge in [0.2, 0.25) is 0 Å². The number of ether oxygens (including phenoxy) is 1. The van der Waals surface area contributed by atoms with Gasteiger partial charge in [-0.3, -0.25) is 4.79 Å². The molecular weight excluding hydrogens is 469 g/mol. The summed E-state index contributed by atoms with van der Waals surface area (Å²) in [6.45, 7) is 4.63. The lowest BCUT2D eigenvalue weighted by molar-refractivity contribution is 0.0956. The van der Waals surface area contributed by atoms with E-state index >= 15 is 0 Å². The zero-order valence-electron chi connectivity index (χ0n) is 19.0. The molecule has 1 N–H and O–H groups in total. The molecule has 1 unspecified atom stereocenters. The largest absolute Gasteiger partial charge is 0.588 e. The van der Waals surface area contributed by atoms with Crippen molar-refractivity contribution >= 4 is 50.4 Å². The highest BCUT2D eigenvalue weighted by Crippen LogP contribution is 2.33. The number of anilines is 2. The van der Waals surface area contributed by atoms with Crippen LogP contribution in [0.1, 0.15) is 17.0 Å². The fourth-order valence-corrected chi connectivity index (χ4v) is 5.61. The summed E-state index contributed by atoms with van der Waals surface area (Å²) < 4.78 is 41.5. The molecule has 180 valence electrons. The zero-order chi connectivity index (χ0) is 23.9. The molecule has 4 aromatic rings. The summed E-state index contributed by atoms with van der Waals surface area (Å²) in [5.41, 5.74) is 2.07. The molecule has 2 saturated heterocycles. The molecule has 1 atom stereocenters. The Hall–Kier alpha value is -3.27. The number of halogens is 1. The Kier molecular flexibility index (Phi) is 5.75. The summed E-state index contributed by atoms with van der Waals surface area (Å²) in [5.74, 6) is -1.19. The van der Waals surface area contributed by atoms with Gasteiger partial charge in [0.15, 0.2) is 10.7 Å². The lowest BCUT2D eigenvalue weighted by Gasteiger charge is -2.33. The quantitative estimate of drug-likeness (QED) is 0.419. The normalized spacial score (nSPS) is 17.0. The average molecular weight is 494 g/mol. The Morgan fingerprint density at radius 2 is 1.71 bits per heavy atom. The van der Waals surface area contributed by atoms with Crippen molar-refractivity contribution in [2.45, 2.75) is 11.3 Å². The van der Waals surface area contributed by atoms with Crippen LogP contribution in [0, 0.1) is 5.82 Å². The molecule has 3 heterocycles. The van der Waals surface area contributed by atoms with Gasteiger partial charge >= 0.3 is 5.91 Å². The number of carbonyl (C=O) groups excluding carboxylic acids is 1. The van der Waals surface area contributed by atoms with Crippen molar-refractivity contribution in [3.05, 3.63) is 66.2 Å². The number of fused-ring (bicyclic) bond motifs is 2. The van der Waals surface area contributed by atoms with E-state index in [2.05, 4.69) is 9.62 Å². The van der Waals surface area contributed by atoms with Crippen LogP contribution < -0.4 is 14.5 Å². The van der Waals surface area contributed by atoms with Crippen LogP contribution >= 0.6 is 0 Å². The molecule has 0 bridgehead atoms. The molecule has 1 aromatic heterocycles. The van der Waals surface area contributed by atoms with E-state index in [1.807, 2.05) is 35.2 Å². The second-order valence-electron chi connectivity index (χ2n) is 8.72. The first-order chi connectivity index (χ1) is 17.1. The van der Waals surface area contributed by atoms with E-state index in [1.54, 1.807) is 12.1 Å². The van der Waals surface area contributed by atoms with E-state index in [0.717, 1.165) is 54.7 Å². The predicted octanol–water partition coefficient (Wildman–Crippen LogP) is 4.22. The second-order valence-corrected chi connectivity index (χ2v) is 9.90. The molecule has 6 rings (SSSR count). The van der Waals surface area contributed by atoms with Crippen LogP contribution in [0.15, 0.2) is 63.9 Å². The Morgan fingerprint density at radius 3 is 2.49 bits per heavy atom. The number of amides is 1. The van der Waals surface area contributed by atoms with E-state index in [4.69, 9.17) is 9.15 Å². The maximum absolute atomic E-state index is 14.6. The van der Waals surface area contributed by atoms with Crippen molar-refractivity contribution in [1.29, 1.82) is 0 Å². The first-order valence-corrected chi connectivity index (χ1v) is 12.8. The maximum Gasteiger partial charge on any atom is 0.328 e. The number of nitrogens with one attached hydrogen (secondary N) is 1. The van der Waals surface area contributed by atoms with Gasteiger partial charge in [0.1, 0.15) is 22.8 Å². The third-order valence-corrected chi connectivity index (χ3v) is 7.74. The molecule has 7 nitrogen and oxygen atoms in total. The standard InChI is InChI=1S/C26H24FN3O4S/c27-21-14-17(29-8-3-9-29)15-23-20(21)16-24(34-23)26(31)28-35(32)25-7-2-4-18-19(25)5-1-6-22(18)30-10-12-33-13-11-30/h1-2,4-7,14-16H,3,8-13H2,(H,28,31). The van der Waals surface area contributed by atoms with Crippen molar-refractivity contribution in [2.75, 3.05) is 49.2 Å². The number of hydrogen-bond donors (Lipinski definition) is 1. The fraction of sp³-hybridized carbons (Fsp3) is 0.269. The number of rotatable bonds is 5.